The van der Waals surface area contributed by atoms with Crippen molar-refractivity contribution in [3.63, 3.8) is 0 Å². The van der Waals surface area contributed by atoms with Gasteiger partial charge >= 0.3 is 0 Å². The summed E-state index contributed by atoms with van der Waals surface area (Å²) in [6.45, 7) is 13.9. The van der Waals surface area contributed by atoms with Crippen molar-refractivity contribution in [2.24, 2.45) is 0 Å². The van der Waals surface area contributed by atoms with Gasteiger partial charge in [0.05, 0.1) is 0 Å². The van der Waals surface area contributed by atoms with Crippen molar-refractivity contribution < 1.29 is 9.32 Å². The molecule has 1 rings (SSSR count). The second-order valence-electron chi connectivity index (χ2n) is 6.31. The molecule has 0 aliphatic rings. The van der Waals surface area contributed by atoms with Gasteiger partial charge in [0.2, 0.25) is 0 Å². The van der Waals surface area contributed by atoms with Crippen LogP contribution >= 0.6 is 0 Å². The first-order valence-corrected chi connectivity index (χ1v) is 5.81. The van der Waals surface area contributed by atoms with Crippen molar-refractivity contribution in [2.45, 2.75) is 59.5 Å². The number of carbonyl (C=O) groups excluding carboxylic acids is 1. The minimum absolute atomic E-state index is 0.0955. The quantitative estimate of drug-likeness (QED) is 0.755. The highest BCUT2D eigenvalue weighted by Gasteiger charge is 2.37. The van der Waals surface area contributed by atoms with Crippen LogP contribution in [-0.4, -0.2) is 27.0 Å². The number of rotatable bonds is 1. The highest BCUT2D eigenvalue weighted by Crippen LogP contribution is 2.26. The summed E-state index contributed by atoms with van der Waals surface area (Å²) in [7, 11) is 0. The molecule has 1 aromatic rings. The lowest BCUT2D eigenvalue weighted by Crippen LogP contribution is -2.55. The summed E-state index contributed by atoms with van der Waals surface area (Å²) in [6, 6.07) is 1.67. The fraction of sp³-hybridized carbons (Fsp3) is 0.692. The summed E-state index contributed by atoms with van der Waals surface area (Å²) >= 11 is 0. The number of hydrogen-bond donors (Lipinski definition) is 0. The molecular formula is C13H22N2O2. The Kier molecular flexibility index (Phi) is 3.37. The van der Waals surface area contributed by atoms with E-state index in [1.54, 1.807) is 13.0 Å². The molecule has 1 heterocycles. The second-order valence-corrected chi connectivity index (χ2v) is 6.31. The van der Waals surface area contributed by atoms with E-state index in [1.807, 2.05) is 46.4 Å². The molecule has 0 saturated heterocycles. The second kappa shape index (κ2) is 4.17. The molecule has 0 fully saturated rings. The van der Waals surface area contributed by atoms with Crippen molar-refractivity contribution in [3.8, 4) is 0 Å². The SMILES string of the molecule is Cc1cc(C(=O)N(C(C)(C)C)C(C)(C)C)no1. The van der Waals surface area contributed by atoms with Gasteiger partial charge in [-0.25, -0.2) is 0 Å². The van der Waals surface area contributed by atoms with Crippen LogP contribution in [0.4, 0.5) is 0 Å². The first kappa shape index (κ1) is 13.7. The summed E-state index contributed by atoms with van der Waals surface area (Å²) in [5.74, 6) is 0.554. The Morgan fingerprint density at radius 1 is 1.18 bits per heavy atom. The van der Waals surface area contributed by atoms with Gasteiger partial charge in [-0.1, -0.05) is 5.16 Å². The smallest absolute Gasteiger partial charge is 0.276 e. The van der Waals surface area contributed by atoms with Gasteiger partial charge in [-0.3, -0.25) is 4.79 Å². The van der Waals surface area contributed by atoms with E-state index in [9.17, 15) is 4.79 Å². The number of hydrogen-bond acceptors (Lipinski definition) is 3. The molecule has 0 N–H and O–H groups in total. The van der Waals surface area contributed by atoms with E-state index in [0.717, 1.165) is 0 Å². The first-order chi connectivity index (χ1) is 7.53. The highest BCUT2D eigenvalue weighted by atomic mass is 16.5. The Balaban J connectivity index is 3.13. The summed E-state index contributed by atoms with van der Waals surface area (Å²) in [6.07, 6.45) is 0. The molecule has 0 aliphatic carbocycles. The minimum atomic E-state index is -0.262. The lowest BCUT2D eigenvalue weighted by molar-refractivity contribution is 0.0261. The normalized spacial score (nSPS) is 12.6. The number of carbonyl (C=O) groups is 1. The topological polar surface area (TPSA) is 46.3 Å². The minimum Gasteiger partial charge on any atom is -0.361 e. The molecule has 17 heavy (non-hydrogen) atoms. The lowest BCUT2D eigenvalue weighted by Gasteiger charge is -2.45. The molecule has 0 bridgehead atoms. The van der Waals surface area contributed by atoms with E-state index in [0.29, 0.717) is 11.5 Å². The lowest BCUT2D eigenvalue weighted by atomic mass is 9.95. The van der Waals surface area contributed by atoms with Crippen molar-refractivity contribution >= 4 is 5.91 Å². The molecule has 1 aromatic heterocycles. The predicted octanol–water partition coefficient (Wildman–Crippen LogP) is 3.02. The number of amides is 1. The van der Waals surface area contributed by atoms with Crippen LogP contribution in [0.3, 0.4) is 0 Å². The molecule has 0 atom stereocenters. The Morgan fingerprint density at radius 3 is 1.94 bits per heavy atom. The fourth-order valence-electron chi connectivity index (χ4n) is 2.20. The maximum Gasteiger partial charge on any atom is 0.276 e. The van der Waals surface area contributed by atoms with Gasteiger partial charge in [-0.05, 0) is 48.5 Å². The van der Waals surface area contributed by atoms with E-state index in [4.69, 9.17) is 4.52 Å². The molecule has 0 saturated carbocycles. The number of aryl methyl sites for hydroxylation is 1. The molecule has 0 spiro atoms. The molecule has 96 valence electrons. The van der Waals surface area contributed by atoms with E-state index >= 15 is 0 Å². The van der Waals surface area contributed by atoms with Gasteiger partial charge < -0.3 is 9.42 Å². The third-order valence-corrected chi connectivity index (χ3v) is 2.39. The van der Waals surface area contributed by atoms with Crippen molar-refractivity contribution in [1.29, 1.82) is 0 Å². The van der Waals surface area contributed by atoms with Gasteiger partial charge in [0.25, 0.3) is 5.91 Å². The number of nitrogens with zero attached hydrogens (tertiary/aromatic N) is 2. The molecule has 0 unspecified atom stereocenters. The summed E-state index contributed by atoms with van der Waals surface area (Å²) in [5, 5.41) is 3.80. The Hall–Kier alpha value is -1.32. The zero-order chi connectivity index (χ0) is 13.4. The van der Waals surface area contributed by atoms with Crippen molar-refractivity contribution in [2.75, 3.05) is 0 Å². The van der Waals surface area contributed by atoms with E-state index in [1.165, 1.54) is 0 Å². The monoisotopic (exact) mass is 238 g/mol. The van der Waals surface area contributed by atoms with E-state index in [2.05, 4.69) is 5.16 Å². The average molecular weight is 238 g/mol. The van der Waals surface area contributed by atoms with Crippen LogP contribution in [0.15, 0.2) is 10.6 Å². The maximum absolute atomic E-state index is 12.5. The van der Waals surface area contributed by atoms with Gasteiger partial charge in [0, 0.05) is 17.1 Å². The fourth-order valence-corrected chi connectivity index (χ4v) is 2.20. The van der Waals surface area contributed by atoms with Crippen LogP contribution in [0.1, 0.15) is 57.8 Å². The van der Waals surface area contributed by atoms with Crippen molar-refractivity contribution in [1.82, 2.24) is 10.1 Å². The van der Waals surface area contributed by atoms with Crippen LogP contribution in [0.2, 0.25) is 0 Å². The van der Waals surface area contributed by atoms with Gasteiger partial charge in [0.15, 0.2) is 5.69 Å². The van der Waals surface area contributed by atoms with Gasteiger partial charge in [-0.15, -0.1) is 0 Å². The van der Waals surface area contributed by atoms with Crippen molar-refractivity contribution in [3.05, 3.63) is 17.5 Å². The molecule has 0 aromatic carbocycles. The molecular weight excluding hydrogens is 216 g/mol. The van der Waals surface area contributed by atoms with Crippen LogP contribution in [-0.2, 0) is 0 Å². The van der Waals surface area contributed by atoms with E-state index in [-0.39, 0.29) is 17.0 Å². The summed E-state index contributed by atoms with van der Waals surface area (Å²) in [4.78, 5) is 14.3. The molecule has 4 heteroatoms. The molecule has 0 aliphatic heterocycles. The third kappa shape index (κ3) is 3.08. The Labute approximate surface area is 103 Å². The largest absolute Gasteiger partial charge is 0.361 e. The molecule has 1 amide bonds. The summed E-state index contributed by atoms with van der Waals surface area (Å²) in [5.41, 5.74) is -0.156. The zero-order valence-electron chi connectivity index (χ0n) is 11.8. The Morgan fingerprint density at radius 2 is 1.65 bits per heavy atom. The highest BCUT2D eigenvalue weighted by molar-refractivity contribution is 5.93. The number of aromatic nitrogens is 1. The summed E-state index contributed by atoms with van der Waals surface area (Å²) < 4.78 is 4.96. The zero-order valence-corrected chi connectivity index (χ0v) is 11.8. The first-order valence-electron chi connectivity index (χ1n) is 5.81. The predicted molar refractivity (Wildman–Crippen MR) is 66.9 cm³/mol. The standard InChI is InChI=1S/C13H22N2O2/c1-9-8-10(14-17-9)11(16)15(12(2,3)4)13(5,6)7/h8H,1-7H3. The Bertz CT molecular complexity index is 394. The van der Waals surface area contributed by atoms with Gasteiger partial charge in [0.1, 0.15) is 5.76 Å². The van der Waals surface area contributed by atoms with Crippen LogP contribution < -0.4 is 0 Å². The van der Waals surface area contributed by atoms with Crippen LogP contribution in [0.5, 0.6) is 0 Å². The maximum atomic E-state index is 12.5. The van der Waals surface area contributed by atoms with Gasteiger partial charge in [-0.2, -0.15) is 0 Å². The molecule has 4 nitrogen and oxygen atoms in total. The third-order valence-electron chi connectivity index (χ3n) is 2.39. The van der Waals surface area contributed by atoms with E-state index < -0.39 is 0 Å². The molecule has 0 radical (unpaired) electrons. The average Bonchev–Trinajstić information content (AvgIpc) is 2.45. The van der Waals surface area contributed by atoms with Crippen LogP contribution in [0.25, 0.3) is 0 Å². The van der Waals surface area contributed by atoms with Crippen LogP contribution in [0, 0.1) is 6.92 Å².